The van der Waals surface area contributed by atoms with E-state index < -0.39 is 4.92 Å². The van der Waals surface area contributed by atoms with E-state index in [1.165, 1.54) is 12.1 Å². The van der Waals surface area contributed by atoms with Gasteiger partial charge in [-0.1, -0.05) is 6.92 Å². The summed E-state index contributed by atoms with van der Waals surface area (Å²) in [6, 6.07) is 6.83. The van der Waals surface area contributed by atoms with Crippen molar-refractivity contribution in [2.24, 2.45) is 0 Å². The van der Waals surface area contributed by atoms with Gasteiger partial charge in [0.25, 0.3) is 5.69 Å². The lowest BCUT2D eigenvalue weighted by atomic mass is 10.1. The Bertz CT molecular complexity index is 553. The topological polar surface area (TPSA) is 79.4 Å². The van der Waals surface area contributed by atoms with Crippen molar-refractivity contribution in [3.63, 3.8) is 0 Å². The summed E-state index contributed by atoms with van der Waals surface area (Å²) in [4.78, 5) is 12.7. The SMILES string of the molecule is CCC1COC(C)CN1c1ccc(C#N)c([N+](=O)[O-])c1. The van der Waals surface area contributed by atoms with E-state index in [1.54, 1.807) is 6.07 Å². The van der Waals surface area contributed by atoms with Gasteiger partial charge in [0.1, 0.15) is 11.6 Å². The third kappa shape index (κ3) is 2.73. The minimum absolute atomic E-state index is 0.0903. The van der Waals surface area contributed by atoms with Gasteiger partial charge in [-0.15, -0.1) is 0 Å². The highest BCUT2D eigenvalue weighted by molar-refractivity contribution is 5.61. The molecule has 20 heavy (non-hydrogen) atoms. The number of rotatable bonds is 3. The fourth-order valence-corrected chi connectivity index (χ4v) is 2.44. The molecular weight excluding hydrogens is 258 g/mol. The Hall–Kier alpha value is -2.13. The number of nitro groups is 1. The first kappa shape index (κ1) is 14.3. The number of benzene rings is 1. The van der Waals surface area contributed by atoms with Gasteiger partial charge in [0.2, 0.25) is 0 Å². The Balaban J connectivity index is 2.38. The molecular formula is C14H17N3O3. The minimum Gasteiger partial charge on any atom is -0.375 e. The van der Waals surface area contributed by atoms with Crippen LogP contribution in [0.25, 0.3) is 0 Å². The van der Waals surface area contributed by atoms with Crippen molar-refractivity contribution in [1.29, 1.82) is 5.26 Å². The van der Waals surface area contributed by atoms with Crippen LogP contribution in [0.1, 0.15) is 25.8 Å². The highest BCUT2D eigenvalue weighted by Gasteiger charge is 2.27. The van der Waals surface area contributed by atoms with E-state index >= 15 is 0 Å². The molecule has 1 aliphatic rings. The van der Waals surface area contributed by atoms with E-state index in [9.17, 15) is 10.1 Å². The van der Waals surface area contributed by atoms with E-state index in [0.29, 0.717) is 13.2 Å². The molecule has 0 N–H and O–H groups in total. The van der Waals surface area contributed by atoms with Crippen LogP contribution in [0.2, 0.25) is 0 Å². The molecule has 0 bridgehead atoms. The lowest BCUT2D eigenvalue weighted by Gasteiger charge is -2.39. The van der Waals surface area contributed by atoms with Gasteiger partial charge >= 0.3 is 0 Å². The van der Waals surface area contributed by atoms with E-state index in [2.05, 4.69) is 11.8 Å². The first-order chi connectivity index (χ1) is 9.56. The molecule has 2 unspecified atom stereocenters. The lowest BCUT2D eigenvalue weighted by molar-refractivity contribution is -0.385. The highest BCUT2D eigenvalue weighted by Crippen LogP contribution is 2.29. The van der Waals surface area contributed by atoms with Gasteiger partial charge in [-0.2, -0.15) is 5.26 Å². The Morgan fingerprint density at radius 3 is 2.95 bits per heavy atom. The molecule has 0 spiro atoms. The van der Waals surface area contributed by atoms with E-state index in [1.807, 2.05) is 13.0 Å². The van der Waals surface area contributed by atoms with Gasteiger partial charge < -0.3 is 9.64 Å². The summed E-state index contributed by atoms with van der Waals surface area (Å²) in [5, 5.41) is 20.0. The van der Waals surface area contributed by atoms with E-state index in [-0.39, 0.29) is 23.4 Å². The molecule has 1 heterocycles. The molecule has 0 amide bonds. The number of nitro benzene ring substituents is 1. The first-order valence-electron chi connectivity index (χ1n) is 6.63. The van der Waals surface area contributed by atoms with Crippen LogP contribution < -0.4 is 4.90 Å². The fourth-order valence-electron chi connectivity index (χ4n) is 2.44. The Kier molecular flexibility index (Phi) is 4.20. The molecule has 6 nitrogen and oxygen atoms in total. The van der Waals surface area contributed by atoms with Gasteiger partial charge in [0.05, 0.1) is 23.7 Å². The largest absolute Gasteiger partial charge is 0.375 e. The number of morpholine rings is 1. The molecule has 0 radical (unpaired) electrons. The van der Waals surface area contributed by atoms with E-state index in [0.717, 1.165) is 12.1 Å². The smallest absolute Gasteiger partial charge is 0.289 e. The zero-order valence-corrected chi connectivity index (χ0v) is 11.6. The van der Waals surface area contributed by atoms with Crippen molar-refractivity contribution in [3.05, 3.63) is 33.9 Å². The van der Waals surface area contributed by atoms with Crippen LogP contribution >= 0.6 is 0 Å². The molecule has 0 aromatic heterocycles. The molecule has 1 aromatic rings. The van der Waals surface area contributed by atoms with Crippen LogP contribution in [0, 0.1) is 21.4 Å². The van der Waals surface area contributed by atoms with Gasteiger partial charge in [-0.25, -0.2) is 0 Å². The van der Waals surface area contributed by atoms with Crippen LogP contribution in [0.3, 0.4) is 0 Å². The van der Waals surface area contributed by atoms with Crippen molar-refractivity contribution in [3.8, 4) is 6.07 Å². The Labute approximate surface area is 117 Å². The average Bonchev–Trinajstić information content (AvgIpc) is 2.46. The summed E-state index contributed by atoms with van der Waals surface area (Å²) in [5.74, 6) is 0. The molecule has 0 aliphatic carbocycles. The van der Waals surface area contributed by atoms with Crippen molar-refractivity contribution >= 4 is 11.4 Å². The van der Waals surface area contributed by atoms with Gasteiger partial charge in [-0.05, 0) is 25.5 Å². The summed E-state index contributed by atoms with van der Waals surface area (Å²) < 4.78 is 5.63. The standard InChI is InChI=1S/C14H17N3O3/c1-3-12-9-20-10(2)8-16(12)13-5-4-11(7-15)14(6-13)17(18)19/h4-6,10,12H,3,8-9H2,1-2H3. The van der Waals surface area contributed by atoms with E-state index in [4.69, 9.17) is 10.00 Å². The number of nitrogens with zero attached hydrogens (tertiary/aromatic N) is 3. The zero-order chi connectivity index (χ0) is 14.7. The predicted octanol–water partition coefficient (Wildman–Crippen LogP) is 2.47. The lowest BCUT2D eigenvalue weighted by Crippen LogP contribution is -2.48. The molecule has 6 heteroatoms. The van der Waals surface area contributed by atoms with Crippen molar-refractivity contribution in [2.75, 3.05) is 18.1 Å². The normalized spacial score (nSPS) is 22.4. The van der Waals surface area contributed by atoms with Crippen LogP contribution in [0.15, 0.2) is 18.2 Å². The Morgan fingerprint density at radius 2 is 2.35 bits per heavy atom. The predicted molar refractivity (Wildman–Crippen MR) is 74.7 cm³/mol. The molecule has 1 fully saturated rings. The minimum atomic E-state index is -0.507. The van der Waals surface area contributed by atoms with Crippen molar-refractivity contribution in [1.82, 2.24) is 0 Å². The van der Waals surface area contributed by atoms with Crippen LogP contribution in [-0.4, -0.2) is 30.2 Å². The molecule has 1 aromatic carbocycles. The first-order valence-corrected chi connectivity index (χ1v) is 6.63. The number of nitriles is 1. The van der Waals surface area contributed by atoms with Gasteiger partial charge in [-0.3, -0.25) is 10.1 Å². The number of hydrogen-bond acceptors (Lipinski definition) is 5. The third-order valence-electron chi connectivity index (χ3n) is 3.57. The Morgan fingerprint density at radius 1 is 1.60 bits per heavy atom. The summed E-state index contributed by atoms with van der Waals surface area (Å²) in [6.07, 6.45) is 0.994. The second kappa shape index (κ2) is 5.88. The summed E-state index contributed by atoms with van der Waals surface area (Å²) in [7, 11) is 0. The maximum atomic E-state index is 11.0. The number of hydrogen-bond donors (Lipinski definition) is 0. The van der Waals surface area contributed by atoms with Gasteiger partial charge in [0, 0.05) is 18.3 Å². The number of ether oxygens (including phenoxy) is 1. The molecule has 1 saturated heterocycles. The maximum Gasteiger partial charge on any atom is 0.289 e. The quantitative estimate of drug-likeness (QED) is 0.625. The van der Waals surface area contributed by atoms with Crippen LogP contribution in [0.5, 0.6) is 0 Å². The molecule has 2 rings (SSSR count). The second-order valence-corrected chi connectivity index (χ2v) is 4.93. The second-order valence-electron chi connectivity index (χ2n) is 4.93. The van der Waals surface area contributed by atoms with Gasteiger partial charge in [0.15, 0.2) is 0 Å². The zero-order valence-electron chi connectivity index (χ0n) is 11.6. The monoisotopic (exact) mass is 275 g/mol. The third-order valence-corrected chi connectivity index (χ3v) is 3.57. The molecule has 0 saturated carbocycles. The van der Waals surface area contributed by atoms with Crippen LogP contribution in [-0.2, 0) is 4.74 Å². The summed E-state index contributed by atoms with van der Waals surface area (Å²) in [6.45, 7) is 5.36. The molecule has 106 valence electrons. The van der Waals surface area contributed by atoms with Crippen LogP contribution in [0.4, 0.5) is 11.4 Å². The number of anilines is 1. The molecule has 1 aliphatic heterocycles. The average molecular weight is 275 g/mol. The summed E-state index contributed by atoms with van der Waals surface area (Å²) in [5.41, 5.74) is 0.727. The fraction of sp³-hybridized carbons (Fsp3) is 0.500. The van der Waals surface area contributed by atoms with Crippen molar-refractivity contribution in [2.45, 2.75) is 32.4 Å². The van der Waals surface area contributed by atoms with Crippen molar-refractivity contribution < 1.29 is 9.66 Å². The summed E-state index contributed by atoms with van der Waals surface area (Å²) >= 11 is 0. The maximum absolute atomic E-state index is 11.0. The highest BCUT2D eigenvalue weighted by atomic mass is 16.6. The molecule has 2 atom stereocenters.